The molecule has 0 saturated carbocycles. The molecule has 0 aromatic carbocycles. The maximum Gasteiger partial charge on any atom is 0.157 e. The molecule has 0 saturated heterocycles. The van der Waals surface area contributed by atoms with Gasteiger partial charge in [0.25, 0.3) is 0 Å². The van der Waals surface area contributed by atoms with E-state index in [-0.39, 0.29) is 0 Å². The van der Waals surface area contributed by atoms with Crippen LogP contribution in [0.4, 0.5) is 0 Å². The molecule has 0 amide bonds. The van der Waals surface area contributed by atoms with Crippen LogP contribution in [0.2, 0.25) is 0 Å². The van der Waals surface area contributed by atoms with Crippen LogP contribution in [0.15, 0.2) is 12.4 Å². The van der Waals surface area contributed by atoms with Crippen molar-refractivity contribution in [2.45, 2.75) is 19.9 Å². The molecule has 0 spiro atoms. The molecule has 4 nitrogen and oxygen atoms in total. The van der Waals surface area contributed by atoms with Gasteiger partial charge in [0.15, 0.2) is 5.75 Å². The summed E-state index contributed by atoms with van der Waals surface area (Å²) in [5.74, 6) is 0.859. The molecule has 13 heavy (non-hydrogen) atoms. The summed E-state index contributed by atoms with van der Waals surface area (Å²) in [6.45, 7) is 4.66. The number of ether oxygens (including phenoxy) is 1. The zero-order valence-electron chi connectivity index (χ0n) is 8.29. The number of rotatable bonds is 6. The molecule has 0 aliphatic carbocycles. The van der Waals surface area contributed by atoms with E-state index in [9.17, 15) is 0 Å². The number of nitrogens with zero attached hydrogens (tertiary/aromatic N) is 2. The van der Waals surface area contributed by atoms with Gasteiger partial charge < -0.3 is 10.1 Å². The smallest absolute Gasteiger partial charge is 0.157 e. The largest absolute Gasteiger partial charge is 0.490 e. The third-order valence-corrected chi connectivity index (χ3v) is 1.67. The lowest BCUT2D eigenvalue weighted by Gasteiger charge is -2.00. The van der Waals surface area contributed by atoms with Crippen molar-refractivity contribution in [2.75, 3.05) is 20.2 Å². The fourth-order valence-electron chi connectivity index (χ4n) is 0.988. The lowest BCUT2D eigenvalue weighted by atomic mass is 10.5. The van der Waals surface area contributed by atoms with Crippen molar-refractivity contribution in [2.24, 2.45) is 0 Å². The molecule has 0 fully saturated rings. The van der Waals surface area contributed by atoms with Crippen molar-refractivity contribution < 1.29 is 4.74 Å². The average molecular weight is 183 g/mol. The first-order valence-electron chi connectivity index (χ1n) is 4.66. The van der Waals surface area contributed by atoms with Crippen LogP contribution in [0.3, 0.4) is 0 Å². The first-order chi connectivity index (χ1) is 6.36. The minimum absolute atomic E-state index is 0.762. The molecule has 0 aliphatic rings. The minimum Gasteiger partial charge on any atom is -0.490 e. The van der Waals surface area contributed by atoms with Crippen molar-refractivity contribution in [1.29, 1.82) is 0 Å². The fourth-order valence-corrected chi connectivity index (χ4v) is 0.988. The van der Waals surface area contributed by atoms with Gasteiger partial charge in [-0.1, -0.05) is 6.92 Å². The maximum absolute atomic E-state index is 5.41. The third kappa shape index (κ3) is 3.46. The van der Waals surface area contributed by atoms with Gasteiger partial charge in [-0.25, -0.2) is 0 Å². The number of likely N-dealkylation sites (N-methyl/N-ethyl adjacent to an activating group) is 1. The Bertz CT molecular complexity index is 212. The van der Waals surface area contributed by atoms with Crippen molar-refractivity contribution in [1.82, 2.24) is 15.1 Å². The van der Waals surface area contributed by atoms with Crippen LogP contribution in [0.25, 0.3) is 0 Å². The van der Waals surface area contributed by atoms with Crippen LogP contribution in [0, 0.1) is 0 Å². The quantitative estimate of drug-likeness (QED) is 0.712. The van der Waals surface area contributed by atoms with Crippen molar-refractivity contribution in [3.8, 4) is 5.75 Å². The maximum atomic E-state index is 5.41. The molecule has 1 aromatic heterocycles. The van der Waals surface area contributed by atoms with Gasteiger partial charge in [0.1, 0.15) is 0 Å². The van der Waals surface area contributed by atoms with Gasteiger partial charge in [-0.2, -0.15) is 5.10 Å². The Kier molecular flexibility index (Phi) is 4.32. The highest BCUT2D eigenvalue weighted by Gasteiger charge is 1.97. The van der Waals surface area contributed by atoms with E-state index in [0.717, 1.165) is 31.9 Å². The normalized spacial score (nSPS) is 10.3. The lowest BCUT2D eigenvalue weighted by Crippen LogP contribution is -2.14. The Balaban J connectivity index is 2.34. The van der Waals surface area contributed by atoms with Crippen LogP contribution < -0.4 is 10.1 Å². The molecule has 4 heteroatoms. The van der Waals surface area contributed by atoms with E-state index < -0.39 is 0 Å². The average Bonchev–Trinajstić information content (AvgIpc) is 2.59. The summed E-state index contributed by atoms with van der Waals surface area (Å²) in [6, 6.07) is 0. The van der Waals surface area contributed by atoms with E-state index in [1.54, 1.807) is 6.20 Å². The first kappa shape index (κ1) is 10.1. The lowest BCUT2D eigenvalue weighted by molar-refractivity contribution is 0.317. The molecule has 1 heterocycles. The predicted octanol–water partition coefficient (Wildman–Crippen LogP) is 0.891. The topological polar surface area (TPSA) is 39.1 Å². The third-order valence-electron chi connectivity index (χ3n) is 1.67. The highest BCUT2D eigenvalue weighted by atomic mass is 16.5. The van der Waals surface area contributed by atoms with Gasteiger partial charge in [-0.15, -0.1) is 0 Å². The standard InChI is InChI=1S/C9H17N3O/c1-3-6-13-9-7-11-12(8-9)5-4-10-2/h7-8,10H,3-6H2,1-2H3. The predicted molar refractivity (Wildman–Crippen MR) is 51.9 cm³/mol. The van der Waals surface area contributed by atoms with Gasteiger partial charge in [0.2, 0.25) is 0 Å². The molecule has 1 rings (SSSR count). The Labute approximate surface area is 78.9 Å². The van der Waals surface area contributed by atoms with Gasteiger partial charge in [0.05, 0.1) is 25.5 Å². The minimum atomic E-state index is 0.762. The van der Waals surface area contributed by atoms with E-state index in [4.69, 9.17) is 4.74 Å². The number of hydrogen-bond donors (Lipinski definition) is 1. The summed E-state index contributed by atoms with van der Waals surface area (Å²) in [5, 5.41) is 7.23. The van der Waals surface area contributed by atoms with Gasteiger partial charge in [0, 0.05) is 6.54 Å². The van der Waals surface area contributed by atoms with Gasteiger partial charge in [-0.05, 0) is 13.5 Å². The SMILES string of the molecule is CCCOc1cnn(CCNC)c1. The summed E-state index contributed by atoms with van der Waals surface area (Å²) in [5.41, 5.74) is 0. The van der Waals surface area contributed by atoms with Crippen LogP contribution in [-0.2, 0) is 6.54 Å². The second-order valence-electron chi connectivity index (χ2n) is 2.89. The second-order valence-corrected chi connectivity index (χ2v) is 2.89. The summed E-state index contributed by atoms with van der Waals surface area (Å²) in [6.07, 6.45) is 4.71. The molecule has 0 aliphatic heterocycles. The Hall–Kier alpha value is -1.03. The van der Waals surface area contributed by atoms with E-state index in [0.29, 0.717) is 0 Å². The van der Waals surface area contributed by atoms with Gasteiger partial charge in [-0.3, -0.25) is 4.68 Å². The molecule has 0 unspecified atom stereocenters. The summed E-state index contributed by atoms with van der Waals surface area (Å²) >= 11 is 0. The molecular weight excluding hydrogens is 166 g/mol. The van der Waals surface area contributed by atoms with Crippen molar-refractivity contribution in [3.05, 3.63) is 12.4 Å². The monoisotopic (exact) mass is 183 g/mol. The van der Waals surface area contributed by atoms with Crippen LogP contribution >= 0.6 is 0 Å². The van der Waals surface area contributed by atoms with Crippen molar-refractivity contribution in [3.63, 3.8) is 0 Å². The van der Waals surface area contributed by atoms with Crippen LogP contribution in [-0.4, -0.2) is 30.0 Å². The van der Waals surface area contributed by atoms with Crippen LogP contribution in [0.1, 0.15) is 13.3 Å². The van der Waals surface area contributed by atoms with E-state index in [1.165, 1.54) is 0 Å². The Morgan fingerprint density at radius 2 is 2.46 bits per heavy atom. The van der Waals surface area contributed by atoms with E-state index >= 15 is 0 Å². The van der Waals surface area contributed by atoms with Crippen molar-refractivity contribution >= 4 is 0 Å². The molecular formula is C9H17N3O. The summed E-state index contributed by atoms with van der Waals surface area (Å²) in [7, 11) is 1.93. The highest BCUT2D eigenvalue weighted by molar-refractivity contribution is 5.11. The molecule has 0 bridgehead atoms. The molecule has 0 atom stereocenters. The number of nitrogens with one attached hydrogen (secondary N) is 1. The molecule has 0 radical (unpaired) electrons. The highest BCUT2D eigenvalue weighted by Crippen LogP contribution is 2.07. The Morgan fingerprint density at radius 1 is 1.62 bits per heavy atom. The van der Waals surface area contributed by atoms with Gasteiger partial charge >= 0.3 is 0 Å². The van der Waals surface area contributed by atoms with Crippen LogP contribution in [0.5, 0.6) is 5.75 Å². The summed E-state index contributed by atoms with van der Waals surface area (Å²) < 4.78 is 7.29. The summed E-state index contributed by atoms with van der Waals surface area (Å²) in [4.78, 5) is 0. The fraction of sp³-hybridized carbons (Fsp3) is 0.667. The van der Waals surface area contributed by atoms with E-state index in [1.807, 2.05) is 17.9 Å². The first-order valence-corrected chi connectivity index (χ1v) is 4.66. The Morgan fingerprint density at radius 3 is 3.15 bits per heavy atom. The molecule has 74 valence electrons. The van der Waals surface area contributed by atoms with E-state index in [2.05, 4.69) is 17.3 Å². The second kappa shape index (κ2) is 5.59. The zero-order valence-corrected chi connectivity index (χ0v) is 8.29. The number of hydrogen-bond acceptors (Lipinski definition) is 3. The molecule has 1 N–H and O–H groups in total. The number of aromatic nitrogens is 2. The molecule has 1 aromatic rings. The zero-order chi connectivity index (χ0) is 9.52.